The van der Waals surface area contributed by atoms with Crippen molar-refractivity contribution in [3.63, 3.8) is 0 Å². The summed E-state index contributed by atoms with van der Waals surface area (Å²) >= 11 is 0. The number of carbonyl (C=O) groups is 1. The van der Waals surface area contributed by atoms with Crippen molar-refractivity contribution in [3.8, 4) is 0 Å². The van der Waals surface area contributed by atoms with Gasteiger partial charge in [-0.3, -0.25) is 9.69 Å². The fourth-order valence-corrected chi connectivity index (χ4v) is 2.50. The van der Waals surface area contributed by atoms with E-state index in [2.05, 4.69) is 9.88 Å². The fraction of sp³-hybridized carbons (Fsp3) is 0.571. The first-order chi connectivity index (χ1) is 9.19. The lowest BCUT2D eigenvalue weighted by Crippen LogP contribution is -2.38. The Bertz CT molecular complexity index is 436. The maximum absolute atomic E-state index is 11.8. The molecule has 2 N–H and O–H groups in total. The van der Waals surface area contributed by atoms with Gasteiger partial charge in [-0.1, -0.05) is 0 Å². The van der Waals surface area contributed by atoms with E-state index in [1.807, 2.05) is 19.1 Å². The molecule has 1 atom stereocenters. The van der Waals surface area contributed by atoms with Crippen molar-refractivity contribution in [2.24, 2.45) is 5.92 Å². The van der Waals surface area contributed by atoms with Gasteiger partial charge in [0.15, 0.2) is 0 Å². The predicted octanol–water partition coefficient (Wildman–Crippen LogP) is 1.44. The van der Waals surface area contributed by atoms with Gasteiger partial charge in [0.05, 0.1) is 12.5 Å². The van der Waals surface area contributed by atoms with Crippen molar-refractivity contribution in [1.82, 2.24) is 9.88 Å². The fourth-order valence-electron chi connectivity index (χ4n) is 2.50. The summed E-state index contributed by atoms with van der Waals surface area (Å²) in [6, 6.07) is 3.85. The molecule has 2 rings (SSSR count). The van der Waals surface area contributed by atoms with Gasteiger partial charge >= 0.3 is 5.97 Å². The maximum Gasteiger partial charge on any atom is 0.310 e. The summed E-state index contributed by atoms with van der Waals surface area (Å²) in [7, 11) is 0. The highest BCUT2D eigenvalue weighted by atomic mass is 16.5. The van der Waals surface area contributed by atoms with Gasteiger partial charge in [-0.25, -0.2) is 4.98 Å². The van der Waals surface area contributed by atoms with Crippen molar-refractivity contribution in [2.75, 3.05) is 25.4 Å². The third-order valence-corrected chi connectivity index (χ3v) is 3.38. The molecule has 1 saturated heterocycles. The second-order valence-corrected chi connectivity index (χ2v) is 4.92. The number of carbonyl (C=O) groups excluding carboxylic acids is 1. The molecule has 0 aliphatic carbocycles. The van der Waals surface area contributed by atoms with Gasteiger partial charge in [0, 0.05) is 19.3 Å². The zero-order valence-electron chi connectivity index (χ0n) is 11.3. The minimum absolute atomic E-state index is 0.00730. The van der Waals surface area contributed by atoms with Crippen LogP contribution < -0.4 is 5.73 Å². The van der Waals surface area contributed by atoms with E-state index in [1.165, 1.54) is 0 Å². The predicted molar refractivity (Wildman–Crippen MR) is 73.3 cm³/mol. The van der Waals surface area contributed by atoms with Crippen LogP contribution in [-0.2, 0) is 16.1 Å². The second-order valence-electron chi connectivity index (χ2n) is 4.92. The number of rotatable bonds is 4. The highest BCUT2D eigenvalue weighted by Gasteiger charge is 2.26. The molecule has 1 fully saturated rings. The van der Waals surface area contributed by atoms with Crippen molar-refractivity contribution in [2.45, 2.75) is 26.3 Å². The van der Waals surface area contributed by atoms with Crippen LogP contribution in [0, 0.1) is 5.92 Å². The van der Waals surface area contributed by atoms with Crippen molar-refractivity contribution >= 4 is 11.8 Å². The molecule has 5 heteroatoms. The van der Waals surface area contributed by atoms with Gasteiger partial charge in [0.1, 0.15) is 5.82 Å². The first-order valence-electron chi connectivity index (χ1n) is 6.78. The quantitative estimate of drug-likeness (QED) is 0.832. The SMILES string of the molecule is CCOC(=O)C1CCCN(Cc2ccnc(N)c2)C1. The van der Waals surface area contributed by atoms with Gasteiger partial charge in [0.2, 0.25) is 0 Å². The van der Waals surface area contributed by atoms with E-state index < -0.39 is 0 Å². The number of pyridine rings is 1. The normalized spacial score (nSPS) is 20.2. The molecule has 2 heterocycles. The van der Waals surface area contributed by atoms with Gasteiger partial charge in [-0.05, 0) is 44.0 Å². The molecular weight excluding hydrogens is 242 g/mol. The molecular formula is C14H21N3O2. The van der Waals surface area contributed by atoms with Crippen LogP contribution in [0.25, 0.3) is 0 Å². The Morgan fingerprint density at radius 1 is 1.63 bits per heavy atom. The Hall–Kier alpha value is -1.62. The first-order valence-corrected chi connectivity index (χ1v) is 6.78. The Balaban J connectivity index is 1.92. The van der Waals surface area contributed by atoms with E-state index in [-0.39, 0.29) is 11.9 Å². The molecule has 0 radical (unpaired) electrons. The molecule has 19 heavy (non-hydrogen) atoms. The Morgan fingerprint density at radius 2 is 2.47 bits per heavy atom. The number of aromatic nitrogens is 1. The summed E-state index contributed by atoms with van der Waals surface area (Å²) in [6.07, 6.45) is 3.68. The van der Waals surface area contributed by atoms with Crippen LogP contribution in [0.15, 0.2) is 18.3 Å². The number of nitrogens with two attached hydrogens (primary N) is 1. The Morgan fingerprint density at radius 3 is 3.21 bits per heavy atom. The number of nitrogens with zero attached hydrogens (tertiary/aromatic N) is 2. The zero-order chi connectivity index (χ0) is 13.7. The van der Waals surface area contributed by atoms with Gasteiger partial charge in [-0.15, -0.1) is 0 Å². The third-order valence-electron chi connectivity index (χ3n) is 3.38. The number of esters is 1. The minimum atomic E-state index is -0.0681. The summed E-state index contributed by atoms with van der Waals surface area (Å²) in [5, 5.41) is 0. The summed E-state index contributed by atoms with van der Waals surface area (Å²) in [5.74, 6) is 0.478. The molecule has 1 aliphatic heterocycles. The lowest BCUT2D eigenvalue weighted by molar-refractivity contribution is -0.150. The van der Waals surface area contributed by atoms with Crippen LogP contribution in [0.2, 0.25) is 0 Å². The Kier molecular flexibility index (Phi) is 4.74. The molecule has 0 amide bonds. The standard InChI is InChI=1S/C14H21N3O2/c1-2-19-14(18)12-4-3-7-17(10-12)9-11-5-6-16-13(15)8-11/h5-6,8,12H,2-4,7,9-10H2,1H3,(H2,15,16). The maximum atomic E-state index is 11.8. The average molecular weight is 263 g/mol. The van der Waals surface area contributed by atoms with Gasteiger partial charge in [-0.2, -0.15) is 0 Å². The highest BCUT2D eigenvalue weighted by molar-refractivity contribution is 5.72. The van der Waals surface area contributed by atoms with Crippen LogP contribution in [0.3, 0.4) is 0 Å². The largest absolute Gasteiger partial charge is 0.466 e. The number of hydrogen-bond acceptors (Lipinski definition) is 5. The molecule has 0 spiro atoms. The molecule has 1 aromatic rings. The second kappa shape index (κ2) is 6.52. The van der Waals surface area contributed by atoms with Gasteiger partial charge in [0.25, 0.3) is 0 Å². The lowest BCUT2D eigenvalue weighted by atomic mass is 9.98. The lowest BCUT2D eigenvalue weighted by Gasteiger charge is -2.31. The van der Waals surface area contributed by atoms with E-state index >= 15 is 0 Å². The van der Waals surface area contributed by atoms with Gasteiger partial charge < -0.3 is 10.5 Å². The van der Waals surface area contributed by atoms with E-state index in [1.54, 1.807) is 6.20 Å². The third kappa shape index (κ3) is 3.92. The van der Waals surface area contributed by atoms with Crippen LogP contribution in [-0.4, -0.2) is 35.5 Å². The summed E-state index contributed by atoms with van der Waals surface area (Å²) in [5.41, 5.74) is 6.81. The number of anilines is 1. The van der Waals surface area contributed by atoms with Crippen molar-refractivity contribution < 1.29 is 9.53 Å². The van der Waals surface area contributed by atoms with Crippen molar-refractivity contribution in [1.29, 1.82) is 0 Å². The smallest absolute Gasteiger partial charge is 0.310 e. The molecule has 0 aromatic carbocycles. The van der Waals surface area contributed by atoms with Crippen LogP contribution in [0.5, 0.6) is 0 Å². The molecule has 104 valence electrons. The first kappa shape index (κ1) is 13.8. The number of nitrogen functional groups attached to an aromatic ring is 1. The molecule has 1 aliphatic rings. The van der Waals surface area contributed by atoms with E-state index in [0.29, 0.717) is 12.4 Å². The number of likely N-dealkylation sites (tertiary alicyclic amines) is 1. The summed E-state index contributed by atoms with van der Waals surface area (Å²) < 4.78 is 5.10. The van der Waals surface area contributed by atoms with E-state index in [0.717, 1.165) is 38.0 Å². The number of hydrogen-bond donors (Lipinski definition) is 1. The van der Waals surface area contributed by atoms with Crippen LogP contribution >= 0.6 is 0 Å². The monoisotopic (exact) mass is 263 g/mol. The molecule has 1 unspecified atom stereocenters. The average Bonchev–Trinajstić information content (AvgIpc) is 2.39. The zero-order valence-corrected chi connectivity index (χ0v) is 11.3. The summed E-state index contributed by atoms with van der Waals surface area (Å²) in [4.78, 5) is 18.0. The molecule has 5 nitrogen and oxygen atoms in total. The number of ether oxygens (including phenoxy) is 1. The van der Waals surface area contributed by atoms with Crippen LogP contribution in [0.1, 0.15) is 25.3 Å². The Labute approximate surface area is 113 Å². The van der Waals surface area contributed by atoms with E-state index in [9.17, 15) is 4.79 Å². The topological polar surface area (TPSA) is 68.5 Å². The van der Waals surface area contributed by atoms with Crippen LogP contribution in [0.4, 0.5) is 5.82 Å². The van der Waals surface area contributed by atoms with E-state index in [4.69, 9.17) is 10.5 Å². The minimum Gasteiger partial charge on any atom is -0.466 e. The van der Waals surface area contributed by atoms with Crippen molar-refractivity contribution in [3.05, 3.63) is 23.9 Å². The highest BCUT2D eigenvalue weighted by Crippen LogP contribution is 2.20. The molecule has 0 bridgehead atoms. The number of piperidine rings is 1. The molecule has 0 saturated carbocycles. The molecule has 1 aromatic heterocycles. The summed E-state index contributed by atoms with van der Waals surface area (Å²) in [6.45, 7) is 4.89.